The molecular formula is C13H14FNO4S. The van der Waals surface area contributed by atoms with Gasteiger partial charge in [-0.3, -0.25) is 9.59 Å². The van der Waals surface area contributed by atoms with E-state index in [4.69, 9.17) is 0 Å². The number of carbonyl (C=O) groups excluding carboxylic acids is 2. The van der Waals surface area contributed by atoms with Crippen LogP contribution in [0.15, 0.2) is 24.3 Å². The number of amides is 1. The van der Waals surface area contributed by atoms with Gasteiger partial charge in [0.25, 0.3) is 15.9 Å². The molecule has 2 rings (SSSR count). The van der Waals surface area contributed by atoms with Gasteiger partial charge < -0.3 is 0 Å². The molecule has 0 unspecified atom stereocenters. The number of carbonyl (C=O) groups is 2. The number of benzene rings is 1. The zero-order valence-electron chi connectivity index (χ0n) is 11.1. The molecule has 0 N–H and O–H groups in total. The monoisotopic (exact) mass is 299 g/mol. The Morgan fingerprint density at radius 1 is 1.25 bits per heavy atom. The van der Waals surface area contributed by atoms with Gasteiger partial charge in [0.05, 0.1) is 0 Å². The molecule has 1 aromatic rings. The number of nitrogens with zero attached hydrogens (tertiary/aromatic N) is 1. The van der Waals surface area contributed by atoms with Crippen LogP contribution in [-0.2, 0) is 14.8 Å². The second kappa shape index (κ2) is 4.66. The Labute approximate surface area is 116 Å². The van der Waals surface area contributed by atoms with Crippen molar-refractivity contribution < 1.29 is 22.4 Å². The highest BCUT2D eigenvalue weighted by atomic mass is 32.2. The van der Waals surface area contributed by atoms with Crippen LogP contribution in [0.3, 0.4) is 0 Å². The van der Waals surface area contributed by atoms with E-state index >= 15 is 0 Å². The summed E-state index contributed by atoms with van der Waals surface area (Å²) in [4.78, 5) is 23.5. The smallest absolute Gasteiger partial charge is 0.258 e. The first-order valence-corrected chi connectivity index (χ1v) is 7.47. The lowest BCUT2D eigenvalue weighted by Gasteiger charge is -2.42. The van der Waals surface area contributed by atoms with E-state index in [0.29, 0.717) is 4.31 Å². The van der Waals surface area contributed by atoms with Gasteiger partial charge in [0.1, 0.15) is 5.82 Å². The number of ketones is 1. The molecule has 1 aliphatic heterocycles. The molecule has 0 saturated carbocycles. The van der Waals surface area contributed by atoms with Gasteiger partial charge in [0, 0.05) is 18.5 Å². The third-order valence-corrected chi connectivity index (χ3v) is 5.78. The van der Waals surface area contributed by atoms with Crippen LogP contribution in [0.5, 0.6) is 0 Å². The zero-order valence-corrected chi connectivity index (χ0v) is 11.9. The van der Waals surface area contributed by atoms with E-state index < -0.39 is 26.5 Å². The van der Waals surface area contributed by atoms with Crippen molar-refractivity contribution in [2.75, 3.05) is 6.54 Å². The Balaban J connectivity index is 2.02. The summed E-state index contributed by atoms with van der Waals surface area (Å²) < 4.78 is 35.7. The summed E-state index contributed by atoms with van der Waals surface area (Å²) in [6.45, 7) is 2.49. The van der Waals surface area contributed by atoms with Gasteiger partial charge in [-0.05, 0) is 38.1 Å². The fourth-order valence-corrected chi connectivity index (χ4v) is 3.49. The van der Waals surface area contributed by atoms with E-state index in [1.165, 1.54) is 26.0 Å². The summed E-state index contributed by atoms with van der Waals surface area (Å²) in [5.74, 6) is -1.30. The van der Waals surface area contributed by atoms with E-state index in [9.17, 15) is 22.4 Å². The molecule has 1 saturated heterocycles. The Hall–Kier alpha value is -1.76. The normalized spacial score (nSPS) is 19.6. The van der Waals surface area contributed by atoms with Gasteiger partial charge in [0.2, 0.25) is 0 Å². The number of rotatable bonds is 4. The molecule has 0 aliphatic carbocycles. The maximum Gasteiger partial charge on any atom is 0.258 e. The second-order valence-corrected chi connectivity index (χ2v) is 7.48. The Kier molecular flexibility index (Phi) is 3.41. The second-order valence-electron chi connectivity index (χ2n) is 5.07. The molecule has 1 amide bonds. The van der Waals surface area contributed by atoms with Crippen LogP contribution in [0.4, 0.5) is 4.39 Å². The molecule has 1 fully saturated rings. The largest absolute Gasteiger partial charge is 0.294 e. The SMILES string of the molecule is CC1(C)C(=O)N(CCC(=O)c2ccc(F)cc2)S1(=O)=O. The standard InChI is InChI=1S/C13H14FNO4S/c1-13(2)12(17)15(20(13,18)19)8-7-11(16)9-3-5-10(14)6-4-9/h3-6H,7-8H2,1-2H3. The fourth-order valence-electron chi connectivity index (χ4n) is 1.96. The van der Waals surface area contributed by atoms with E-state index in [0.717, 1.165) is 12.1 Å². The Bertz CT molecular complexity index is 664. The van der Waals surface area contributed by atoms with Crippen molar-refractivity contribution in [2.45, 2.75) is 25.0 Å². The first-order chi connectivity index (χ1) is 9.18. The van der Waals surface area contributed by atoms with Gasteiger partial charge in [-0.15, -0.1) is 0 Å². The van der Waals surface area contributed by atoms with Crippen molar-refractivity contribution in [3.63, 3.8) is 0 Å². The molecule has 7 heteroatoms. The van der Waals surface area contributed by atoms with E-state index in [-0.39, 0.29) is 24.3 Å². The minimum absolute atomic E-state index is 0.118. The van der Waals surface area contributed by atoms with Crippen LogP contribution < -0.4 is 0 Å². The molecule has 108 valence electrons. The van der Waals surface area contributed by atoms with E-state index in [1.54, 1.807) is 0 Å². The maximum absolute atomic E-state index is 12.7. The lowest BCUT2D eigenvalue weighted by Crippen LogP contribution is -2.67. The summed E-state index contributed by atoms with van der Waals surface area (Å²) in [6, 6.07) is 4.96. The van der Waals surface area contributed by atoms with Crippen molar-refractivity contribution in [2.24, 2.45) is 0 Å². The highest BCUT2D eigenvalue weighted by Crippen LogP contribution is 2.34. The third-order valence-electron chi connectivity index (χ3n) is 3.38. The summed E-state index contributed by atoms with van der Waals surface area (Å²) in [5.41, 5.74) is 0.288. The van der Waals surface area contributed by atoms with Gasteiger partial charge in [-0.25, -0.2) is 17.1 Å². The molecule has 0 radical (unpaired) electrons. The molecule has 0 spiro atoms. The van der Waals surface area contributed by atoms with Crippen molar-refractivity contribution in [3.8, 4) is 0 Å². The zero-order chi connectivity index (χ0) is 15.1. The summed E-state index contributed by atoms with van der Waals surface area (Å²) in [7, 11) is -3.66. The van der Waals surface area contributed by atoms with E-state index in [1.807, 2.05) is 0 Å². The van der Waals surface area contributed by atoms with Crippen LogP contribution in [-0.4, -0.2) is 35.7 Å². The summed E-state index contributed by atoms with van der Waals surface area (Å²) in [6.07, 6.45) is -0.118. The van der Waals surface area contributed by atoms with Crippen LogP contribution in [0, 0.1) is 5.82 Å². The number of hydrogen-bond acceptors (Lipinski definition) is 4. The molecule has 1 aromatic carbocycles. The van der Waals surface area contributed by atoms with Crippen molar-refractivity contribution >= 4 is 21.7 Å². The first kappa shape index (κ1) is 14.6. The molecule has 1 aliphatic rings. The topological polar surface area (TPSA) is 71.5 Å². The molecule has 20 heavy (non-hydrogen) atoms. The fraction of sp³-hybridized carbons (Fsp3) is 0.385. The van der Waals surface area contributed by atoms with Crippen molar-refractivity contribution in [1.29, 1.82) is 0 Å². The number of sulfonamides is 1. The van der Waals surface area contributed by atoms with Crippen LogP contribution in [0.2, 0.25) is 0 Å². The Morgan fingerprint density at radius 3 is 2.30 bits per heavy atom. The third kappa shape index (κ3) is 2.11. The minimum atomic E-state index is -3.66. The number of Topliss-reactive ketones (excluding diaryl/α,β-unsaturated/α-hetero) is 1. The van der Waals surface area contributed by atoms with Crippen LogP contribution >= 0.6 is 0 Å². The van der Waals surface area contributed by atoms with Gasteiger partial charge in [-0.1, -0.05) is 0 Å². The maximum atomic E-state index is 12.7. The predicted octanol–water partition coefficient (Wildman–Crippen LogP) is 1.35. The lowest BCUT2D eigenvalue weighted by molar-refractivity contribution is -0.132. The summed E-state index contributed by atoms with van der Waals surface area (Å²) in [5, 5.41) is 0. The number of hydrogen-bond donors (Lipinski definition) is 0. The average molecular weight is 299 g/mol. The number of halogens is 1. The van der Waals surface area contributed by atoms with Gasteiger partial charge in [0.15, 0.2) is 10.5 Å². The van der Waals surface area contributed by atoms with Gasteiger partial charge >= 0.3 is 0 Å². The van der Waals surface area contributed by atoms with E-state index in [2.05, 4.69) is 0 Å². The predicted molar refractivity (Wildman–Crippen MR) is 70.1 cm³/mol. The van der Waals surface area contributed by atoms with Crippen LogP contribution in [0.1, 0.15) is 30.6 Å². The van der Waals surface area contributed by atoms with Crippen molar-refractivity contribution in [3.05, 3.63) is 35.6 Å². The lowest BCUT2D eigenvalue weighted by atomic mass is 10.1. The quantitative estimate of drug-likeness (QED) is 0.787. The van der Waals surface area contributed by atoms with Gasteiger partial charge in [-0.2, -0.15) is 0 Å². The molecule has 0 atom stereocenters. The molecule has 0 aromatic heterocycles. The first-order valence-electron chi connectivity index (χ1n) is 6.03. The average Bonchev–Trinajstić information content (AvgIpc) is 2.38. The Morgan fingerprint density at radius 2 is 1.80 bits per heavy atom. The molecule has 1 heterocycles. The molecule has 0 bridgehead atoms. The summed E-state index contributed by atoms with van der Waals surface area (Å²) >= 11 is 0. The highest BCUT2D eigenvalue weighted by molar-refractivity contribution is 7.94. The van der Waals surface area contributed by atoms with Crippen molar-refractivity contribution in [1.82, 2.24) is 4.31 Å². The minimum Gasteiger partial charge on any atom is -0.294 e. The molecule has 5 nitrogen and oxygen atoms in total. The molecular weight excluding hydrogens is 285 g/mol. The highest BCUT2D eigenvalue weighted by Gasteiger charge is 2.59. The van der Waals surface area contributed by atoms with Crippen LogP contribution in [0.25, 0.3) is 0 Å².